The summed E-state index contributed by atoms with van der Waals surface area (Å²) in [6.45, 7) is 3.86. The lowest BCUT2D eigenvalue weighted by atomic mass is 10.1. The minimum atomic E-state index is -0.367. The van der Waals surface area contributed by atoms with Crippen LogP contribution in [0.5, 0.6) is 0 Å². The Kier molecular flexibility index (Phi) is 4.15. The van der Waals surface area contributed by atoms with Gasteiger partial charge in [0, 0.05) is 24.3 Å². The summed E-state index contributed by atoms with van der Waals surface area (Å²) < 4.78 is 1.61. The van der Waals surface area contributed by atoms with Gasteiger partial charge < -0.3 is 5.32 Å². The van der Waals surface area contributed by atoms with Crippen molar-refractivity contribution in [2.75, 3.05) is 5.32 Å². The Bertz CT molecular complexity index is 1100. The molecule has 1 aromatic carbocycles. The van der Waals surface area contributed by atoms with Gasteiger partial charge in [-0.05, 0) is 31.5 Å². The van der Waals surface area contributed by atoms with Gasteiger partial charge in [-0.2, -0.15) is 14.9 Å². The number of rotatable bonds is 3. The third-order valence-corrected chi connectivity index (χ3v) is 4.37. The number of aromatic nitrogens is 3. The normalized spacial score (nSPS) is 14.0. The van der Waals surface area contributed by atoms with Crippen molar-refractivity contribution in [1.82, 2.24) is 20.2 Å². The molecular formula is C19H18N6O2. The molecule has 2 amide bonds. The molecule has 8 heteroatoms. The lowest BCUT2D eigenvalue weighted by Crippen LogP contribution is -2.33. The molecular weight excluding hydrogens is 344 g/mol. The number of benzene rings is 1. The number of fused-ring (bicyclic) bond motifs is 1. The van der Waals surface area contributed by atoms with Crippen molar-refractivity contribution in [3.05, 3.63) is 47.7 Å². The van der Waals surface area contributed by atoms with Crippen molar-refractivity contribution in [2.45, 2.75) is 26.7 Å². The Morgan fingerprint density at radius 3 is 2.78 bits per heavy atom. The zero-order chi connectivity index (χ0) is 19.0. The van der Waals surface area contributed by atoms with Gasteiger partial charge in [0.1, 0.15) is 11.5 Å². The molecule has 0 bridgehead atoms. The number of para-hydroxylation sites is 1. The molecule has 0 fully saturated rings. The molecule has 0 spiro atoms. The van der Waals surface area contributed by atoms with Gasteiger partial charge in [0.15, 0.2) is 5.82 Å². The van der Waals surface area contributed by atoms with E-state index in [4.69, 9.17) is 0 Å². The summed E-state index contributed by atoms with van der Waals surface area (Å²) in [4.78, 5) is 28.4. The predicted octanol–water partition coefficient (Wildman–Crippen LogP) is 2.24. The van der Waals surface area contributed by atoms with Crippen LogP contribution in [0, 0.1) is 13.8 Å². The number of hydrogen-bond donors (Lipinski definition) is 2. The number of nitrogens with zero attached hydrogens (tertiary/aromatic N) is 4. The number of anilines is 1. The molecule has 27 heavy (non-hydrogen) atoms. The van der Waals surface area contributed by atoms with Gasteiger partial charge in [-0.1, -0.05) is 18.2 Å². The second kappa shape index (κ2) is 6.64. The summed E-state index contributed by atoms with van der Waals surface area (Å²) in [5, 5.41) is 12.2. The van der Waals surface area contributed by atoms with E-state index in [-0.39, 0.29) is 23.9 Å². The molecule has 0 atom stereocenters. The van der Waals surface area contributed by atoms with Crippen LogP contribution in [-0.2, 0) is 9.59 Å². The molecule has 3 heterocycles. The highest BCUT2D eigenvalue weighted by molar-refractivity contribution is 6.43. The van der Waals surface area contributed by atoms with Crippen molar-refractivity contribution < 1.29 is 9.59 Å². The number of hydrazone groups is 1. The smallest absolute Gasteiger partial charge is 0.273 e. The van der Waals surface area contributed by atoms with Crippen molar-refractivity contribution >= 4 is 34.2 Å². The first-order valence-electron chi connectivity index (χ1n) is 8.61. The summed E-state index contributed by atoms with van der Waals surface area (Å²) >= 11 is 0. The van der Waals surface area contributed by atoms with Crippen LogP contribution in [0.2, 0.25) is 0 Å². The van der Waals surface area contributed by atoms with Gasteiger partial charge in [-0.3, -0.25) is 9.59 Å². The standard InChI is InChI=1S/C19H18N6O2/c1-11-9-16(20-14-6-4-3-5-13(11)14)25-17(10-12(2)24-25)21-19(27)15-7-8-18(26)23-22-15/h3-6,9-10H,7-8H2,1-2H3,(H,21,27)(H,23,26). The van der Waals surface area contributed by atoms with Crippen molar-refractivity contribution in [3.63, 3.8) is 0 Å². The zero-order valence-corrected chi connectivity index (χ0v) is 15.0. The first kappa shape index (κ1) is 16.9. The van der Waals surface area contributed by atoms with E-state index < -0.39 is 0 Å². The van der Waals surface area contributed by atoms with Gasteiger partial charge in [-0.25, -0.2) is 10.4 Å². The Morgan fingerprint density at radius 1 is 1.19 bits per heavy atom. The number of carbonyl (C=O) groups is 2. The minimum Gasteiger partial charge on any atom is -0.305 e. The summed E-state index contributed by atoms with van der Waals surface area (Å²) in [6, 6.07) is 11.6. The number of hydrogen-bond acceptors (Lipinski definition) is 5. The average Bonchev–Trinajstić information content (AvgIpc) is 3.02. The summed E-state index contributed by atoms with van der Waals surface area (Å²) in [6.07, 6.45) is 0.550. The van der Waals surface area contributed by atoms with E-state index in [0.717, 1.165) is 22.2 Å². The van der Waals surface area contributed by atoms with Crippen LogP contribution in [0.15, 0.2) is 41.5 Å². The van der Waals surface area contributed by atoms with Crippen LogP contribution in [0.1, 0.15) is 24.1 Å². The molecule has 136 valence electrons. The molecule has 3 aromatic rings. The maximum atomic E-state index is 12.5. The maximum Gasteiger partial charge on any atom is 0.273 e. The minimum absolute atomic E-state index is 0.191. The van der Waals surface area contributed by atoms with Crippen LogP contribution < -0.4 is 10.7 Å². The van der Waals surface area contributed by atoms with E-state index in [0.29, 0.717) is 18.1 Å². The highest BCUT2D eigenvalue weighted by Crippen LogP contribution is 2.22. The van der Waals surface area contributed by atoms with Crippen LogP contribution in [-0.4, -0.2) is 32.3 Å². The first-order chi connectivity index (χ1) is 13.0. The van der Waals surface area contributed by atoms with E-state index in [1.54, 1.807) is 10.7 Å². The second-order valence-electron chi connectivity index (χ2n) is 6.44. The predicted molar refractivity (Wildman–Crippen MR) is 102 cm³/mol. The maximum absolute atomic E-state index is 12.5. The molecule has 1 aliphatic heterocycles. The monoisotopic (exact) mass is 362 g/mol. The Balaban J connectivity index is 1.69. The zero-order valence-electron chi connectivity index (χ0n) is 15.0. The van der Waals surface area contributed by atoms with Gasteiger partial charge in [-0.15, -0.1) is 0 Å². The van der Waals surface area contributed by atoms with E-state index in [1.165, 1.54) is 0 Å². The van der Waals surface area contributed by atoms with E-state index in [2.05, 4.69) is 25.9 Å². The molecule has 4 rings (SSSR count). The summed E-state index contributed by atoms with van der Waals surface area (Å²) in [5.41, 5.74) is 5.29. The van der Waals surface area contributed by atoms with E-state index in [1.807, 2.05) is 44.2 Å². The molecule has 0 aliphatic carbocycles. The largest absolute Gasteiger partial charge is 0.305 e. The van der Waals surface area contributed by atoms with Gasteiger partial charge in [0.2, 0.25) is 5.91 Å². The van der Waals surface area contributed by atoms with Crippen LogP contribution in [0.25, 0.3) is 16.7 Å². The third-order valence-electron chi connectivity index (χ3n) is 4.37. The number of aryl methyl sites for hydroxylation is 2. The van der Waals surface area contributed by atoms with E-state index >= 15 is 0 Å². The lowest BCUT2D eigenvalue weighted by Gasteiger charge is -2.13. The fourth-order valence-corrected chi connectivity index (χ4v) is 3.03. The molecule has 8 nitrogen and oxygen atoms in total. The van der Waals surface area contributed by atoms with Crippen LogP contribution >= 0.6 is 0 Å². The highest BCUT2D eigenvalue weighted by atomic mass is 16.2. The van der Waals surface area contributed by atoms with Crippen molar-refractivity contribution in [3.8, 4) is 5.82 Å². The molecule has 0 unspecified atom stereocenters. The molecule has 1 aliphatic rings. The van der Waals surface area contributed by atoms with Crippen molar-refractivity contribution in [2.24, 2.45) is 5.10 Å². The second-order valence-corrected chi connectivity index (χ2v) is 6.44. The molecule has 0 radical (unpaired) electrons. The number of carbonyl (C=O) groups excluding carboxylic acids is 2. The Morgan fingerprint density at radius 2 is 2.00 bits per heavy atom. The molecule has 2 N–H and O–H groups in total. The average molecular weight is 362 g/mol. The fraction of sp³-hybridized carbons (Fsp3) is 0.211. The Labute approximate surface area is 155 Å². The SMILES string of the molecule is Cc1cc(NC(=O)C2=NNC(=O)CC2)n(-c2cc(C)c3ccccc3n2)n1. The van der Waals surface area contributed by atoms with Gasteiger partial charge >= 0.3 is 0 Å². The molecule has 0 saturated carbocycles. The van der Waals surface area contributed by atoms with Gasteiger partial charge in [0.05, 0.1) is 11.2 Å². The van der Waals surface area contributed by atoms with E-state index in [9.17, 15) is 9.59 Å². The Hall–Kier alpha value is -3.55. The third kappa shape index (κ3) is 3.29. The van der Waals surface area contributed by atoms with Crippen molar-refractivity contribution in [1.29, 1.82) is 0 Å². The summed E-state index contributed by atoms with van der Waals surface area (Å²) in [5.74, 6) is 0.560. The quantitative estimate of drug-likeness (QED) is 0.746. The van der Waals surface area contributed by atoms with Crippen LogP contribution in [0.3, 0.4) is 0 Å². The number of amides is 2. The topological polar surface area (TPSA) is 101 Å². The molecule has 2 aromatic heterocycles. The summed E-state index contributed by atoms with van der Waals surface area (Å²) in [7, 11) is 0. The lowest BCUT2D eigenvalue weighted by molar-refractivity contribution is -0.121. The highest BCUT2D eigenvalue weighted by Gasteiger charge is 2.20. The van der Waals surface area contributed by atoms with Gasteiger partial charge in [0.25, 0.3) is 5.91 Å². The van der Waals surface area contributed by atoms with Crippen LogP contribution in [0.4, 0.5) is 5.82 Å². The number of nitrogens with one attached hydrogen (secondary N) is 2. The first-order valence-corrected chi connectivity index (χ1v) is 8.61. The number of pyridine rings is 1. The fourth-order valence-electron chi connectivity index (χ4n) is 3.03. The molecule has 0 saturated heterocycles.